The SMILES string of the molecule is CCCCCC(C=CC1CCC2(OCC(C)(C)CO2)C1CCC=O)OC1CCCCO1. The first kappa shape index (κ1) is 24.9. The van der Waals surface area contributed by atoms with Gasteiger partial charge in [-0.3, -0.25) is 0 Å². The van der Waals surface area contributed by atoms with Gasteiger partial charge in [-0.2, -0.15) is 0 Å². The van der Waals surface area contributed by atoms with Crippen LogP contribution in [0.1, 0.15) is 91.4 Å². The smallest absolute Gasteiger partial charge is 0.171 e. The second kappa shape index (κ2) is 11.9. The number of hydrogen-bond acceptors (Lipinski definition) is 5. The van der Waals surface area contributed by atoms with Crippen LogP contribution in [0.3, 0.4) is 0 Å². The minimum absolute atomic E-state index is 0.0482. The van der Waals surface area contributed by atoms with Crippen LogP contribution in [0.15, 0.2) is 12.2 Å². The van der Waals surface area contributed by atoms with Gasteiger partial charge in [0.25, 0.3) is 0 Å². The maximum Gasteiger partial charge on any atom is 0.171 e. The lowest BCUT2D eigenvalue weighted by atomic mass is 9.86. The summed E-state index contributed by atoms with van der Waals surface area (Å²) in [5.74, 6) is 0.0384. The fourth-order valence-corrected chi connectivity index (χ4v) is 5.15. The number of unbranched alkanes of at least 4 members (excludes halogenated alkanes) is 2. The molecule has 2 heterocycles. The fourth-order valence-electron chi connectivity index (χ4n) is 5.15. The highest BCUT2D eigenvalue weighted by atomic mass is 16.7. The average molecular weight is 437 g/mol. The van der Waals surface area contributed by atoms with Crippen molar-refractivity contribution < 1.29 is 23.7 Å². The molecule has 5 nitrogen and oxygen atoms in total. The molecule has 0 amide bonds. The number of carbonyl (C=O) groups excluding carboxylic acids is 1. The lowest BCUT2D eigenvalue weighted by Crippen LogP contribution is -2.50. The van der Waals surface area contributed by atoms with Crippen molar-refractivity contribution >= 4 is 6.29 Å². The van der Waals surface area contributed by atoms with Crippen LogP contribution >= 0.6 is 0 Å². The standard InChI is InChI=1S/C26H44O5/c1-4-5-6-10-22(31-24-12-7-8-18-28-24)14-13-21-15-16-26(23(21)11-9-17-27)29-19-25(2,3)20-30-26/h13-14,17,21-24H,4-12,15-16,18-20H2,1-3H3. The molecule has 0 N–H and O–H groups in total. The summed E-state index contributed by atoms with van der Waals surface area (Å²) in [7, 11) is 0. The number of allylic oxidation sites excluding steroid dienone is 1. The van der Waals surface area contributed by atoms with E-state index in [4.69, 9.17) is 18.9 Å². The second-order valence-corrected chi connectivity index (χ2v) is 10.5. The van der Waals surface area contributed by atoms with Crippen LogP contribution in [0.4, 0.5) is 0 Å². The van der Waals surface area contributed by atoms with Crippen molar-refractivity contribution in [3.8, 4) is 0 Å². The molecule has 1 spiro atoms. The molecule has 3 rings (SSSR count). The summed E-state index contributed by atoms with van der Waals surface area (Å²) in [4.78, 5) is 11.1. The van der Waals surface area contributed by atoms with Crippen LogP contribution in [0.25, 0.3) is 0 Å². The Hall–Kier alpha value is -0.750. The number of ether oxygens (including phenoxy) is 4. The van der Waals surface area contributed by atoms with Gasteiger partial charge in [0, 0.05) is 30.8 Å². The Morgan fingerprint density at radius 2 is 1.94 bits per heavy atom. The van der Waals surface area contributed by atoms with Gasteiger partial charge in [-0.15, -0.1) is 0 Å². The van der Waals surface area contributed by atoms with E-state index in [1.165, 1.54) is 25.7 Å². The average Bonchev–Trinajstić information content (AvgIpc) is 3.11. The molecule has 2 aliphatic heterocycles. The van der Waals surface area contributed by atoms with E-state index in [-0.39, 0.29) is 23.7 Å². The number of aldehydes is 1. The zero-order valence-electron chi connectivity index (χ0n) is 20.0. The van der Waals surface area contributed by atoms with E-state index in [1.54, 1.807) is 0 Å². The molecule has 2 saturated heterocycles. The van der Waals surface area contributed by atoms with Gasteiger partial charge in [0.05, 0.1) is 19.3 Å². The van der Waals surface area contributed by atoms with Crippen molar-refractivity contribution in [2.24, 2.45) is 17.3 Å². The van der Waals surface area contributed by atoms with E-state index in [0.29, 0.717) is 25.6 Å². The van der Waals surface area contributed by atoms with Gasteiger partial charge in [-0.05, 0) is 44.4 Å². The highest BCUT2D eigenvalue weighted by Gasteiger charge is 2.52. The molecule has 0 aromatic rings. The van der Waals surface area contributed by atoms with Crippen LogP contribution in [-0.4, -0.2) is 44.3 Å². The lowest BCUT2D eigenvalue weighted by molar-refractivity contribution is -0.316. The molecule has 4 atom stereocenters. The molecule has 178 valence electrons. The third kappa shape index (κ3) is 7.12. The molecule has 5 heteroatoms. The Balaban J connectivity index is 1.66. The van der Waals surface area contributed by atoms with E-state index in [2.05, 4.69) is 32.9 Å². The van der Waals surface area contributed by atoms with E-state index < -0.39 is 5.79 Å². The summed E-state index contributed by atoms with van der Waals surface area (Å²) < 4.78 is 24.9. The van der Waals surface area contributed by atoms with E-state index in [0.717, 1.165) is 51.4 Å². The minimum Gasteiger partial charge on any atom is -0.353 e. The molecule has 1 aliphatic carbocycles. The predicted molar refractivity (Wildman–Crippen MR) is 122 cm³/mol. The summed E-state index contributed by atoms with van der Waals surface area (Å²) in [6.45, 7) is 8.82. The maximum atomic E-state index is 11.1. The first-order chi connectivity index (χ1) is 15.0. The summed E-state index contributed by atoms with van der Waals surface area (Å²) in [6.07, 6.45) is 16.9. The van der Waals surface area contributed by atoms with Crippen molar-refractivity contribution in [3.63, 3.8) is 0 Å². The highest BCUT2D eigenvalue weighted by molar-refractivity contribution is 5.49. The molecule has 1 saturated carbocycles. The lowest BCUT2D eigenvalue weighted by Gasteiger charge is -2.45. The molecule has 4 unspecified atom stereocenters. The number of hydrogen-bond donors (Lipinski definition) is 0. The summed E-state index contributed by atoms with van der Waals surface area (Å²) in [5.41, 5.74) is 0.0482. The quantitative estimate of drug-likeness (QED) is 0.232. The van der Waals surface area contributed by atoms with Crippen molar-refractivity contribution in [2.75, 3.05) is 19.8 Å². The highest BCUT2D eigenvalue weighted by Crippen LogP contribution is 2.49. The maximum absolute atomic E-state index is 11.1. The van der Waals surface area contributed by atoms with Crippen LogP contribution < -0.4 is 0 Å². The zero-order chi connectivity index (χ0) is 22.2. The summed E-state index contributed by atoms with van der Waals surface area (Å²) >= 11 is 0. The molecule has 0 bridgehead atoms. The Bertz CT molecular complexity index is 556. The van der Waals surface area contributed by atoms with Crippen LogP contribution in [0.2, 0.25) is 0 Å². The van der Waals surface area contributed by atoms with Gasteiger partial charge < -0.3 is 23.7 Å². The third-order valence-corrected chi connectivity index (χ3v) is 7.05. The van der Waals surface area contributed by atoms with Gasteiger partial charge in [-0.25, -0.2) is 0 Å². The number of rotatable bonds is 11. The molecule has 0 aromatic carbocycles. The molecule has 31 heavy (non-hydrogen) atoms. The van der Waals surface area contributed by atoms with E-state index >= 15 is 0 Å². The molecule has 0 radical (unpaired) electrons. The normalized spacial score (nSPS) is 31.3. The largest absolute Gasteiger partial charge is 0.353 e. The molecular formula is C26H44O5. The minimum atomic E-state index is -0.529. The zero-order valence-corrected chi connectivity index (χ0v) is 20.0. The van der Waals surface area contributed by atoms with E-state index in [1.807, 2.05) is 0 Å². The number of carbonyl (C=O) groups is 1. The molecule has 3 fully saturated rings. The molecule has 3 aliphatic rings. The molecular weight excluding hydrogens is 392 g/mol. The summed E-state index contributed by atoms with van der Waals surface area (Å²) in [5, 5.41) is 0. The first-order valence-electron chi connectivity index (χ1n) is 12.6. The predicted octanol–water partition coefficient (Wildman–Crippen LogP) is 5.81. The van der Waals surface area contributed by atoms with Gasteiger partial charge in [0.1, 0.15) is 6.29 Å². The van der Waals surface area contributed by atoms with Crippen molar-refractivity contribution in [3.05, 3.63) is 12.2 Å². The Morgan fingerprint density at radius 1 is 1.13 bits per heavy atom. The topological polar surface area (TPSA) is 54.0 Å². The van der Waals surface area contributed by atoms with Crippen molar-refractivity contribution in [2.45, 2.75) is 110 Å². The van der Waals surface area contributed by atoms with Gasteiger partial charge in [0.15, 0.2) is 12.1 Å². The van der Waals surface area contributed by atoms with Crippen LogP contribution in [-0.2, 0) is 23.7 Å². The van der Waals surface area contributed by atoms with Gasteiger partial charge >= 0.3 is 0 Å². The Labute approximate surface area is 189 Å². The monoisotopic (exact) mass is 436 g/mol. The summed E-state index contributed by atoms with van der Waals surface area (Å²) in [6, 6.07) is 0. The van der Waals surface area contributed by atoms with Crippen molar-refractivity contribution in [1.29, 1.82) is 0 Å². The van der Waals surface area contributed by atoms with Gasteiger partial charge in [0.2, 0.25) is 0 Å². The first-order valence-corrected chi connectivity index (χ1v) is 12.6. The van der Waals surface area contributed by atoms with E-state index in [9.17, 15) is 4.79 Å². The van der Waals surface area contributed by atoms with Crippen molar-refractivity contribution in [1.82, 2.24) is 0 Å². The fraction of sp³-hybridized carbons (Fsp3) is 0.885. The second-order valence-electron chi connectivity index (χ2n) is 10.5. The Morgan fingerprint density at radius 3 is 2.61 bits per heavy atom. The van der Waals surface area contributed by atoms with Crippen LogP contribution in [0.5, 0.6) is 0 Å². The molecule has 0 aromatic heterocycles. The third-order valence-electron chi connectivity index (χ3n) is 7.05. The van der Waals surface area contributed by atoms with Gasteiger partial charge in [-0.1, -0.05) is 52.2 Å². The van der Waals surface area contributed by atoms with Crippen LogP contribution in [0, 0.1) is 17.3 Å². The Kier molecular flexibility index (Phi) is 9.57.